The molecule has 1 saturated carbocycles. The van der Waals surface area contributed by atoms with Gasteiger partial charge in [0.2, 0.25) is 0 Å². The zero-order valence-corrected chi connectivity index (χ0v) is 20.9. The minimum Gasteiger partial charge on any atom is -0.296 e. The standard InChI is InChI=1S/C26H50N2/c1-22(2)16-20(17-23(3,4)27(22)9)26(14-12-11-13-15-26)21-18-24(5,6)28(10)25(7,8)19-21/h20-21H,11-19H2,1-10H3. The van der Waals surface area contributed by atoms with Crippen molar-refractivity contribution in [3.63, 3.8) is 0 Å². The summed E-state index contributed by atoms with van der Waals surface area (Å²) in [6.45, 7) is 20.0. The Kier molecular flexibility index (Phi) is 5.63. The van der Waals surface area contributed by atoms with Gasteiger partial charge in [-0.05, 0) is 125 Å². The lowest BCUT2D eigenvalue weighted by molar-refractivity contribution is -0.133. The van der Waals surface area contributed by atoms with Gasteiger partial charge in [0.25, 0.3) is 0 Å². The van der Waals surface area contributed by atoms with Gasteiger partial charge in [-0.1, -0.05) is 19.3 Å². The summed E-state index contributed by atoms with van der Waals surface area (Å²) in [5, 5.41) is 0. The molecule has 0 N–H and O–H groups in total. The fourth-order valence-electron chi connectivity index (χ4n) is 7.92. The maximum absolute atomic E-state index is 2.68. The highest BCUT2D eigenvalue weighted by molar-refractivity contribution is 5.09. The summed E-state index contributed by atoms with van der Waals surface area (Å²) in [6, 6.07) is 0. The molecule has 0 radical (unpaired) electrons. The van der Waals surface area contributed by atoms with Gasteiger partial charge >= 0.3 is 0 Å². The van der Waals surface area contributed by atoms with Crippen molar-refractivity contribution in [2.75, 3.05) is 14.1 Å². The topological polar surface area (TPSA) is 6.48 Å². The first kappa shape index (κ1) is 22.6. The highest BCUT2D eigenvalue weighted by Crippen LogP contribution is 2.60. The van der Waals surface area contributed by atoms with Gasteiger partial charge in [0.05, 0.1) is 0 Å². The third-order valence-corrected chi connectivity index (χ3v) is 10.0. The van der Waals surface area contributed by atoms with Crippen LogP contribution in [0.25, 0.3) is 0 Å². The van der Waals surface area contributed by atoms with Gasteiger partial charge in [0.15, 0.2) is 0 Å². The minimum absolute atomic E-state index is 0.299. The number of rotatable bonds is 2. The largest absolute Gasteiger partial charge is 0.296 e. The van der Waals surface area contributed by atoms with Crippen LogP contribution in [0.2, 0.25) is 0 Å². The van der Waals surface area contributed by atoms with Crippen molar-refractivity contribution in [2.24, 2.45) is 17.3 Å². The van der Waals surface area contributed by atoms with Crippen LogP contribution in [0.5, 0.6) is 0 Å². The smallest absolute Gasteiger partial charge is 0.0158 e. The van der Waals surface area contributed by atoms with Crippen LogP contribution in [0.4, 0.5) is 0 Å². The van der Waals surface area contributed by atoms with E-state index in [2.05, 4.69) is 79.3 Å². The van der Waals surface area contributed by atoms with Gasteiger partial charge in [-0.15, -0.1) is 0 Å². The molecule has 3 aliphatic rings. The van der Waals surface area contributed by atoms with Crippen LogP contribution in [-0.2, 0) is 0 Å². The Morgan fingerprint density at radius 3 is 1.07 bits per heavy atom. The molecular weight excluding hydrogens is 340 g/mol. The Balaban J connectivity index is 2.00. The van der Waals surface area contributed by atoms with E-state index in [1.165, 1.54) is 57.8 Å². The lowest BCUT2D eigenvalue weighted by Gasteiger charge is -2.64. The van der Waals surface area contributed by atoms with Crippen LogP contribution >= 0.6 is 0 Å². The molecule has 2 heterocycles. The molecule has 2 saturated heterocycles. The number of hydrogen-bond acceptors (Lipinski definition) is 2. The summed E-state index contributed by atoms with van der Waals surface area (Å²) in [5.41, 5.74) is 1.76. The maximum atomic E-state index is 2.68. The van der Waals surface area contributed by atoms with E-state index >= 15 is 0 Å². The lowest BCUT2D eigenvalue weighted by Crippen LogP contribution is -2.64. The predicted molar refractivity (Wildman–Crippen MR) is 123 cm³/mol. The summed E-state index contributed by atoms with van der Waals surface area (Å²) in [6.07, 6.45) is 12.8. The molecule has 0 unspecified atom stereocenters. The summed E-state index contributed by atoms with van der Waals surface area (Å²) in [4.78, 5) is 5.35. The molecule has 164 valence electrons. The Labute approximate surface area is 176 Å². The molecular formula is C26H50N2. The number of likely N-dealkylation sites (tertiary alicyclic amines) is 2. The van der Waals surface area contributed by atoms with Crippen molar-refractivity contribution >= 4 is 0 Å². The Hall–Kier alpha value is -0.0800. The normalized spacial score (nSPS) is 33.6. The molecule has 3 fully saturated rings. The molecule has 2 nitrogen and oxygen atoms in total. The third kappa shape index (κ3) is 3.70. The first-order valence-electron chi connectivity index (χ1n) is 12.1. The van der Waals surface area contributed by atoms with E-state index in [1.54, 1.807) is 0 Å². The second kappa shape index (κ2) is 6.98. The first-order valence-corrected chi connectivity index (χ1v) is 12.1. The van der Waals surface area contributed by atoms with Gasteiger partial charge in [0, 0.05) is 22.2 Å². The van der Waals surface area contributed by atoms with Gasteiger partial charge < -0.3 is 0 Å². The van der Waals surface area contributed by atoms with E-state index in [4.69, 9.17) is 0 Å². The summed E-state index contributed by atoms with van der Waals surface area (Å²) < 4.78 is 0. The third-order valence-electron chi connectivity index (χ3n) is 10.0. The number of piperidine rings is 2. The molecule has 0 aromatic carbocycles. The molecule has 0 aromatic heterocycles. The fraction of sp³-hybridized carbons (Fsp3) is 1.00. The summed E-state index contributed by atoms with van der Waals surface area (Å²) in [7, 11) is 4.73. The van der Waals surface area contributed by atoms with Crippen molar-refractivity contribution in [1.82, 2.24) is 9.80 Å². The lowest BCUT2D eigenvalue weighted by atomic mass is 9.50. The SMILES string of the molecule is CN1C(C)(C)CC(C2(C3CC(C)(C)N(C)C(C)(C)C3)CCCCC2)CC1(C)C. The van der Waals surface area contributed by atoms with Crippen LogP contribution < -0.4 is 0 Å². The molecule has 3 rings (SSSR count). The molecule has 28 heavy (non-hydrogen) atoms. The first-order chi connectivity index (χ1) is 12.6. The van der Waals surface area contributed by atoms with Gasteiger partial charge in [-0.3, -0.25) is 9.80 Å². The second-order valence-corrected chi connectivity index (χ2v) is 13.4. The number of hydrogen-bond donors (Lipinski definition) is 0. The van der Waals surface area contributed by atoms with E-state index in [1.807, 2.05) is 0 Å². The van der Waals surface area contributed by atoms with E-state index in [0.717, 1.165) is 11.8 Å². The zero-order chi connectivity index (χ0) is 21.2. The highest BCUT2D eigenvalue weighted by Gasteiger charge is 2.56. The molecule has 0 atom stereocenters. The molecule has 0 amide bonds. The van der Waals surface area contributed by atoms with E-state index < -0.39 is 0 Å². The monoisotopic (exact) mass is 390 g/mol. The van der Waals surface area contributed by atoms with Gasteiger partial charge in [0.1, 0.15) is 0 Å². The van der Waals surface area contributed by atoms with Crippen molar-refractivity contribution in [1.29, 1.82) is 0 Å². The average molecular weight is 391 g/mol. The Bertz CT molecular complexity index is 485. The molecule has 1 aliphatic carbocycles. The van der Waals surface area contributed by atoms with E-state index in [0.29, 0.717) is 27.6 Å². The van der Waals surface area contributed by atoms with Crippen LogP contribution in [0.3, 0.4) is 0 Å². The number of nitrogens with zero attached hydrogens (tertiary/aromatic N) is 2. The Morgan fingerprint density at radius 2 is 0.786 bits per heavy atom. The van der Waals surface area contributed by atoms with Crippen LogP contribution in [0.15, 0.2) is 0 Å². The maximum Gasteiger partial charge on any atom is 0.0158 e. The van der Waals surface area contributed by atoms with Gasteiger partial charge in [-0.25, -0.2) is 0 Å². The summed E-state index contributed by atoms with van der Waals surface area (Å²) in [5.74, 6) is 1.74. The van der Waals surface area contributed by atoms with Crippen LogP contribution in [0, 0.1) is 17.3 Å². The van der Waals surface area contributed by atoms with Gasteiger partial charge in [-0.2, -0.15) is 0 Å². The van der Waals surface area contributed by atoms with E-state index in [-0.39, 0.29) is 0 Å². The second-order valence-electron chi connectivity index (χ2n) is 13.4. The quantitative estimate of drug-likeness (QED) is 0.515. The van der Waals surface area contributed by atoms with Crippen LogP contribution in [0.1, 0.15) is 113 Å². The molecule has 0 aromatic rings. The molecule has 2 aliphatic heterocycles. The Morgan fingerprint density at radius 1 is 0.500 bits per heavy atom. The van der Waals surface area contributed by atoms with Crippen molar-refractivity contribution in [3.05, 3.63) is 0 Å². The molecule has 0 bridgehead atoms. The van der Waals surface area contributed by atoms with Crippen molar-refractivity contribution < 1.29 is 0 Å². The fourth-order valence-corrected chi connectivity index (χ4v) is 7.92. The highest BCUT2D eigenvalue weighted by atomic mass is 15.2. The molecule has 2 heteroatoms. The van der Waals surface area contributed by atoms with Crippen molar-refractivity contribution in [3.8, 4) is 0 Å². The minimum atomic E-state index is 0.299. The van der Waals surface area contributed by atoms with E-state index in [9.17, 15) is 0 Å². The van der Waals surface area contributed by atoms with Crippen LogP contribution in [-0.4, -0.2) is 46.1 Å². The predicted octanol–water partition coefficient (Wildman–Crippen LogP) is 6.73. The van der Waals surface area contributed by atoms with Crippen molar-refractivity contribution in [2.45, 2.75) is 135 Å². The zero-order valence-electron chi connectivity index (χ0n) is 20.9. The average Bonchev–Trinajstić information content (AvgIpc) is 2.57. The summed E-state index contributed by atoms with van der Waals surface area (Å²) >= 11 is 0. The molecule has 0 spiro atoms.